The van der Waals surface area contributed by atoms with Crippen molar-refractivity contribution in [1.82, 2.24) is 14.8 Å². The molecule has 5 aliphatic rings. The quantitative estimate of drug-likeness (QED) is 0.232. The van der Waals surface area contributed by atoms with Crippen LogP contribution >= 0.6 is 0 Å². The Bertz CT molecular complexity index is 2170. The van der Waals surface area contributed by atoms with Crippen molar-refractivity contribution in [2.24, 2.45) is 34.6 Å². The van der Waals surface area contributed by atoms with Gasteiger partial charge in [0, 0.05) is 60.7 Å². The predicted octanol–water partition coefficient (Wildman–Crippen LogP) is 7.62. The maximum Gasteiger partial charge on any atom is 0.410 e. The number of likely N-dealkylation sites (N-methyl/N-ethyl adjacent to an activating group) is 1. The second-order valence-corrected chi connectivity index (χ2v) is 21.6. The zero-order valence-electron chi connectivity index (χ0n) is 43.3. The van der Waals surface area contributed by atoms with Crippen LogP contribution in [0.25, 0.3) is 17.0 Å². The number of ether oxygens (including phenoxy) is 8. The number of nitrogens with zero attached hydrogens (tertiary/aromatic N) is 4. The number of carbonyl (C=O) groups is 2. The summed E-state index contributed by atoms with van der Waals surface area (Å²) in [6, 6.07) is 9.53. The predicted molar refractivity (Wildman–Crippen MR) is 260 cm³/mol. The average molecular weight is 949 g/mol. The summed E-state index contributed by atoms with van der Waals surface area (Å²) in [6.45, 7) is 24.8. The number of hydrogen-bond acceptors (Lipinski definition) is 14. The molecular weight excluding hydrogens is 869 g/mol. The maximum atomic E-state index is 14.9. The molecule has 378 valence electrons. The Morgan fingerprint density at radius 3 is 2.38 bits per heavy atom. The van der Waals surface area contributed by atoms with Crippen LogP contribution in [0.15, 0.2) is 41.4 Å². The second kappa shape index (κ2) is 20.7. The zero-order valence-corrected chi connectivity index (χ0v) is 43.3. The Labute approximate surface area is 404 Å². The van der Waals surface area contributed by atoms with Gasteiger partial charge in [0.1, 0.15) is 12.2 Å². The maximum absolute atomic E-state index is 14.9. The Morgan fingerprint density at radius 2 is 1.68 bits per heavy atom. The van der Waals surface area contributed by atoms with Gasteiger partial charge in [-0.2, -0.15) is 0 Å². The highest BCUT2D eigenvalue weighted by atomic mass is 16.7. The molecular formula is C53H80N4O11. The monoisotopic (exact) mass is 949 g/mol. The SMILES string of the molecule is CO[C@]1(C)C[C@H](O[C@H]2[C@H](C)[C@@H](O[C@H]3O[C@@H](C)C[C@@H](N(C)C)C3O)[C@@](C)(OC/C=C/c3ccc4nc(C)ccc4c3)C[C@@H](C)C3=NCCN4C(=O)O[C@](C)([C@@H](C)OC(=O)[C@@H]2C)[C@H]4[C@H]3C)O[C@@H](C)[C@@H]1C. The highest BCUT2D eigenvalue weighted by Crippen LogP contribution is 2.45. The molecule has 0 spiro atoms. The van der Waals surface area contributed by atoms with Gasteiger partial charge in [-0.05, 0) is 112 Å². The van der Waals surface area contributed by atoms with E-state index in [1.807, 2.05) is 90.9 Å². The van der Waals surface area contributed by atoms with E-state index in [-0.39, 0.29) is 42.6 Å². The Kier molecular flexibility index (Phi) is 15.9. The summed E-state index contributed by atoms with van der Waals surface area (Å²) in [4.78, 5) is 42.2. The van der Waals surface area contributed by atoms with Gasteiger partial charge in [0.05, 0.1) is 66.2 Å². The van der Waals surface area contributed by atoms with E-state index in [1.54, 1.807) is 25.9 Å². The van der Waals surface area contributed by atoms with Crippen LogP contribution in [0.3, 0.4) is 0 Å². The summed E-state index contributed by atoms with van der Waals surface area (Å²) < 4.78 is 53.6. The standard InChI is InChI=1S/C53H80N4O11/c1-29-27-52(11,62-24-16-17-38-19-21-40-39(26-38)20-18-30(2)55-40)47(67-49-44(58)41(56(13)14)25-31(3)63-49)33(5)45(66-42-28-51(10,61-15)35(7)36(8)64-42)34(6)48(59)65-37(9)53(12)46-32(4)43(29)54-22-23-57(46)50(60)68-53/h16-21,26,29,31-37,41-42,44-47,49,58H,22-25,27-28H2,1-15H3/b17-16+/t29-,31+,32+,33+,34-,35+,36+,37-,41-,42+,44?,45+,46-,47-,49-,51-,52+,53-/m1/s1. The van der Waals surface area contributed by atoms with E-state index >= 15 is 0 Å². The van der Waals surface area contributed by atoms with Crippen LogP contribution in [0.4, 0.5) is 4.79 Å². The number of aliphatic imine (C=N–C) groups is 1. The fourth-order valence-corrected chi connectivity index (χ4v) is 12.0. The first-order valence-corrected chi connectivity index (χ1v) is 24.9. The number of cyclic esters (lactones) is 1. The lowest BCUT2D eigenvalue weighted by Gasteiger charge is -2.50. The van der Waals surface area contributed by atoms with E-state index in [0.717, 1.165) is 27.9 Å². The molecule has 6 heterocycles. The number of hydrogen-bond donors (Lipinski definition) is 1. The number of benzene rings is 1. The fourth-order valence-electron chi connectivity index (χ4n) is 12.0. The van der Waals surface area contributed by atoms with Crippen molar-refractivity contribution < 1.29 is 52.6 Å². The van der Waals surface area contributed by atoms with Crippen LogP contribution in [0, 0.1) is 36.5 Å². The molecule has 4 fully saturated rings. The number of aromatic nitrogens is 1. The molecule has 7 rings (SSSR count). The van der Waals surface area contributed by atoms with Crippen LogP contribution in [-0.2, 0) is 42.7 Å². The molecule has 4 saturated heterocycles. The molecule has 1 aromatic carbocycles. The second-order valence-electron chi connectivity index (χ2n) is 21.6. The smallest absolute Gasteiger partial charge is 0.410 e. The van der Waals surface area contributed by atoms with Crippen LogP contribution in [0.2, 0.25) is 0 Å². The van der Waals surface area contributed by atoms with Gasteiger partial charge in [-0.25, -0.2) is 4.79 Å². The van der Waals surface area contributed by atoms with Gasteiger partial charge >= 0.3 is 12.1 Å². The van der Waals surface area contributed by atoms with Gasteiger partial charge in [-0.3, -0.25) is 19.7 Å². The number of esters is 1. The Balaban J connectivity index is 1.35. The van der Waals surface area contributed by atoms with Crippen molar-refractivity contribution >= 4 is 34.8 Å². The topological polar surface area (TPSA) is 160 Å². The number of methoxy groups -OCH3 is 1. The Hall–Kier alpha value is -3.54. The van der Waals surface area contributed by atoms with E-state index in [4.69, 9.17) is 42.9 Å². The number of aliphatic hydroxyl groups excluding tert-OH is 1. The third-order valence-electron chi connectivity index (χ3n) is 16.4. The normalized spacial score (nSPS) is 41.9. The molecule has 1 aromatic heterocycles. The van der Waals surface area contributed by atoms with Gasteiger partial charge < -0.3 is 47.9 Å². The summed E-state index contributed by atoms with van der Waals surface area (Å²) in [6.07, 6.45) is -0.898. The average Bonchev–Trinajstić information content (AvgIpc) is 3.41. The van der Waals surface area contributed by atoms with Crippen molar-refractivity contribution in [3.8, 4) is 0 Å². The van der Waals surface area contributed by atoms with Gasteiger partial charge in [-0.15, -0.1) is 0 Å². The summed E-state index contributed by atoms with van der Waals surface area (Å²) in [5.41, 5.74) is 0.867. The first-order chi connectivity index (χ1) is 32.0. The first-order valence-electron chi connectivity index (χ1n) is 24.9. The van der Waals surface area contributed by atoms with Crippen molar-refractivity contribution in [3.63, 3.8) is 0 Å². The van der Waals surface area contributed by atoms with Gasteiger partial charge in [0.15, 0.2) is 18.2 Å². The van der Waals surface area contributed by atoms with Gasteiger partial charge in [-0.1, -0.05) is 52.0 Å². The van der Waals surface area contributed by atoms with Crippen LogP contribution < -0.4 is 0 Å². The van der Waals surface area contributed by atoms with E-state index in [1.165, 1.54) is 0 Å². The fraction of sp³-hybridized carbons (Fsp3) is 0.736. The summed E-state index contributed by atoms with van der Waals surface area (Å²) in [5.74, 6) is -2.48. The lowest BCUT2D eigenvalue weighted by molar-refractivity contribution is -0.316. The van der Waals surface area contributed by atoms with E-state index < -0.39 is 83.7 Å². The number of pyridine rings is 1. The lowest BCUT2D eigenvalue weighted by atomic mass is 9.73. The van der Waals surface area contributed by atoms with Gasteiger partial charge in [0.2, 0.25) is 0 Å². The molecule has 0 saturated carbocycles. The largest absolute Gasteiger partial charge is 0.458 e. The van der Waals surface area contributed by atoms with Crippen molar-refractivity contribution in [3.05, 3.63) is 47.7 Å². The molecule has 2 bridgehead atoms. The van der Waals surface area contributed by atoms with E-state index in [2.05, 4.69) is 44.8 Å². The van der Waals surface area contributed by atoms with Crippen LogP contribution in [0.1, 0.15) is 107 Å². The zero-order chi connectivity index (χ0) is 49.6. The van der Waals surface area contributed by atoms with Crippen LogP contribution in [0.5, 0.6) is 0 Å². The summed E-state index contributed by atoms with van der Waals surface area (Å²) in [7, 11) is 5.60. The summed E-state index contributed by atoms with van der Waals surface area (Å²) in [5, 5.41) is 13.1. The molecule has 0 aliphatic carbocycles. The third kappa shape index (κ3) is 10.4. The Morgan fingerprint density at radius 1 is 0.941 bits per heavy atom. The van der Waals surface area contributed by atoms with Crippen molar-refractivity contribution in [1.29, 1.82) is 0 Å². The van der Waals surface area contributed by atoms with E-state index in [0.29, 0.717) is 32.4 Å². The minimum absolute atomic E-state index is 0.0506. The molecule has 1 N–H and O–H groups in total. The highest BCUT2D eigenvalue weighted by molar-refractivity contribution is 5.91. The highest BCUT2D eigenvalue weighted by Gasteiger charge is 2.60. The summed E-state index contributed by atoms with van der Waals surface area (Å²) >= 11 is 0. The van der Waals surface area contributed by atoms with Crippen LogP contribution in [-0.4, -0.2) is 157 Å². The molecule has 2 aromatic rings. The minimum atomic E-state index is -1.19. The molecule has 15 heteroatoms. The molecule has 5 aliphatic heterocycles. The molecule has 1 amide bonds. The number of aryl methyl sites for hydroxylation is 1. The number of rotatable bonds is 10. The van der Waals surface area contributed by atoms with E-state index in [9.17, 15) is 14.7 Å². The van der Waals surface area contributed by atoms with Crippen molar-refractivity contribution in [2.45, 2.75) is 180 Å². The lowest BCUT2D eigenvalue weighted by Crippen LogP contribution is -2.61. The number of carbonyl (C=O) groups excluding carboxylic acids is 2. The molecule has 1 unspecified atom stereocenters. The number of amides is 1. The van der Waals surface area contributed by atoms with Crippen molar-refractivity contribution in [2.75, 3.05) is 40.9 Å². The minimum Gasteiger partial charge on any atom is -0.458 e. The molecule has 18 atom stereocenters. The van der Waals surface area contributed by atoms with Gasteiger partial charge in [0.25, 0.3) is 0 Å². The molecule has 15 nitrogen and oxygen atoms in total. The molecule has 68 heavy (non-hydrogen) atoms. The molecule has 0 radical (unpaired) electrons. The number of fused-ring (bicyclic) bond motifs is 2. The first kappa shape index (κ1) is 52.3. The third-order valence-corrected chi connectivity index (χ3v) is 16.4. The number of aliphatic hydroxyl groups is 1.